The molecule has 150 valence electrons. The molecule has 0 aliphatic rings. The first-order valence-corrected chi connectivity index (χ1v) is 10.1. The maximum Gasteiger partial charge on any atom is 0.338 e. The molecule has 0 spiro atoms. The molecule has 0 bridgehead atoms. The van der Waals surface area contributed by atoms with Crippen LogP contribution in [-0.4, -0.2) is 23.6 Å². The van der Waals surface area contributed by atoms with E-state index in [-0.39, 0.29) is 18.0 Å². The third-order valence-corrected chi connectivity index (χ3v) is 5.10. The van der Waals surface area contributed by atoms with E-state index in [0.29, 0.717) is 30.4 Å². The Balaban J connectivity index is 2.13. The molecule has 0 amide bonds. The molecule has 0 radical (unpaired) electrons. The zero-order valence-electron chi connectivity index (χ0n) is 17.0. The summed E-state index contributed by atoms with van der Waals surface area (Å²) in [4.78, 5) is 25.1. The molecule has 1 atom stereocenters. The summed E-state index contributed by atoms with van der Waals surface area (Å²) < 4.78 is 11.7. The van der Waals surface area contributed by atoms with Gasteiger partial charge in [0.1, 0.15) is 11.7 Å². The number of hydrogen-bond donors (Lipinski definition) is 0. The lowest BCUT2D eigenvalue weighted by atomic mass is 9.88. The van der Waals surface area contributed by atoms with Gasteiger partial charge in [-0.05, 0) is 43.5 Å². The second kappa shape index (κ2) is 10.6. The zero-order valence-corrected chi connectivity index (χ0v) is 17.0. The Bertz CT molecular complexity index is 736. The largest absolute Gasteiger partial charge is 0.459 e. The molecule has 0 aliphatic heterocycles. The summed E-state index contributed by atoms with van der Waals surface area (Å²) in [5.74, 6) is -0.677. The predicted molar refractivity (Wildman–Crippen MR) is 110 cm³/mol. The fraction of sp³-hybridized carbons (Fsp3) is 0.417. The minimum absolute atomic E-state index is 0.304. The number of benzene rings is 2. The highest BCUT2D eigenvalue weighted by molar-refractivity contribution is 5.90. The summed E-state index contributed by atoms with van der Waals surface area (Å²) in [6.07, 6.45) is 3.11. The Kier molecular flexibility index (Phi) is 8.24. The third-order valence-electron chi connectivity index (χ3n) is 5.10. The molecule has 0 fully saturated rings. The number of carbonyl (C=O) groups is 2. The van der Waals surface area contributed by atoms with Gasteiger partial charge in [-0.25, -0.2) is 9.59 Å². The maximum atomic E-state index is 12.6. The smallest absolute Gasteiger partial charge is 0.338 e. The number of ether oxygens (including phenoxy) is 2. The maximum absolute atomic E-state index is 12.6. The Morgan fingerprint density at radius 2 is 1.32 bits per heavy atom. The second-order valence-corrected chi connectivity index (χ2v) is 7.03. The summed E-state index contributed by atoms with van der Waals surface area (Å²) in [6, 6.07) is 18.0. The molecular weight excluding hydrogens is 352 g/mol. The molecule has 0 aromatic heterocycles. The average molecular weight is 383 g/mol. The van der Waals surface area contributed by atoms with E-state index in [2.05, 4.69) is 6.92 Å². The van der Waals surface area contributed by atoms with Crippen molar-refractivity contribution >= 4 is 11.9 Å². The topological polar surface area (TPSA) is 52.6 Å². The molecule has 0 heterocycles. The molecule has 2 rings (SSSR count). The lowest BCUT2D eigenvalue weighted by molar-refractivity contribution is -0.0542. The first-order valence-electron chi connectivity index (χ1n) is 10.1. The van der Waals surface area contributed by atoms with Crippen LogP contribution < -0.4 is 0 Å². The van der Waals surface area contributed by atoms with Crippen LogP contribution >= 0.6 is 0 Å². The Morgan fingerprint density at radius 1 is 0.821 bits per heavy atom. The standard InChI is InChI=1S/C24H30O4/c1-4-13-21(27-22(25)19-14-9-7-10-15-19)18-24(5-2,6-3)28-23(26)20-16-11-8-12-17-20/h7-12,14-17,21H,4-6,13,18H2,1-3H3. The molecule has 1 unspecified atom stereocenters. The van der Waals surface area contributed by atoms with Crippen molar-refractivity contribution in [2.75, 3.05) is 0 Å². The summed E-state index contributed by atoms with van der Waals surface area (Å²) in [7, 11) is 0. The van der Waals surface area contributed by atoms with Crippen LogP contribution in [0.1, 0.15) is 73.6 Å². The molecule has 0 saturated heterocycles. The van der Waals surface area contributed by atoms with Gasteiger partial charge in [0.15, 0.2) is 0 Å². The van der Waals surface area contributed by atoms with Gasteiger partial charge in [-0.15, -0.1) is 0 Å². The van der Waals surface area contributed by atoms with Crippen molar-refractivity contribution in [3.05, 3.63) is 71.8 Å². The fourth-order valence-electron chi connectivity index (χ4n) is 3.29. The Labute approximate surface area is 167 Å². The number of hydrogen-bond acceptors (Lipinski definition) is 4. The minimum Gasteiger partial charge on any atom is -0.459 e. The third kappa shape index (κ3) is 5.95. The summed E-state index contributed by atoms with van der Waals surface area (Å²) >= 11 is 0. The van der Waals surface area contributed by atoms with Crippen LogP contribution in [0.25, 0.3) is 0 Å². The minimum atomic E-state index is -0.663. The molecule has 28 heavy (non-hydrogen) atoms. The van der Waals surface area contributed by atoms with Gasteiger partial charge >= 0.3 is 11.9 Å². The Hall–Kier alpha value is -2.62. The normalized spacial score (nSPS) is 12.2. The number of esters is 2. The van der Waals surface area contributed by atoms with E-state index >= 15 is 0 Å². The van der Waals surface area contributed by atoms with E-state index in [4.69, 9.17) is 9.47 Å². The van der Waals surface area contributed by atoms with Crippen LogP contribution in [-0.2, 0) is 9.47 Å². The molecule has 0 saturated carbocycles. The summed E-state index contributed by atoms with van der Waals surface area (Å²) in [5, 5.41) is 0. The summed E-state index contributed by atoms with van der Waals surface area (Å²) in [5.41, 5.74) is 0.398. The van der Waals surface area contributed by atoms with Crippen LogP contribution in [0.2, 0.25) is 0 Å². The van der Waals surface area contributed by atoms with Gasteiger partial charge in [-0.1, -0.05) is 63.6 Å². The molecule has 0 N–H and O–H groups in total. The molecule has 2 aromatic carbocycles. The molecule has 0 aliphatic carbocycles. The average Bonchev–Trinajstić information content (AvgIpc) is 2.74. The van der Waals surface area contributed by atoms with Crippen molar-refractivity contribution in [3.8, 4) is 0 Å². The van der Waals surface area contributed by atoms with Crippen molar-refractivity contribution < 1.29 is 19.1 Å². The number of carbonyl (C=O) groups excluding carboxylic acids is 2. The fourth-order valence-corrected chi connectivity index (χ4v) is 3.29. The predicted octanol–water partition coefficient (Wildman–Crippen LogP) is 5.82. The van der Waals surface area contributed by atoms with Crippen LogP contribution in [0.15, 0.2) is 60.7 Å². The first kappa shape index (κ1) is 21.7. The van der Waals surface area contributed by atoms with Crippen molar-refractivity contribution in [1.29, 1.82) is 0 Å². The zero-order chi connectivity index (χ0) is 20.4. The van der Waals surface area contributed by atoms with Crippen molar-refractivity contribution in [1.82, 2.24) is 0 Å². The van der Waals surface area contributed by atoms with Gasteiger partial charge < -0.3 is 9.47 Å². The first-order chi connectivity index (χ1) is 13.5. The van der Waals surface area contributed by atoms with E-state index in [1.165, 1.54) is 0 Å². The van der Waals surface area contributed by atoms with Gasteiger partial charge in [0.2, 0.25) is 0 Å². The van der Waals surface area contributed by atoms with E-state index in [1.54, 1.807) is 24.3 Å². The highest BCUT2D eigenvalue weighted by Crippen LogP contribution is 2.30. The SMILES string of the molecule is CCCC(CC(CC)(CC)OC(=O)c1ccccc1)OC(=O)c1ccccc1. The highest BCUT2D eigenvalue weighted by Gasteiger charge is 2.35. The van der Waals surface area contributed by atoms with E-state index in [9.17, 15) is 9.59 Å². The van der Waals surface area contributed by atoms with Gasteiger partial charge in [0, 0.05) is 6.42 Å². The van der Waals surface area contributed by atoms with E-state index < -0.39 is 5.60 Å². The van der Waals surface area contributed by atoms with E-state index in [0.717, 1.165) is 12.8 Å². The number of rotatable bonds is 10. The van der Waals surface area contributed by atoms with Crippen molar-refractivity contribution in [3.63, 3.8) is 0 Å². The van der Waals surface area contributed by atoms with Gasteiger partial charge in [-0.2, -0.15) is 0 Å². The van der Waals surface area contributed by atoms with Gasteiger partial charge in [0.05, 0.1) is 11.1 Å². The Morgan fingerprint density at radius 3 is 1.79 bits per heavy atom. The van der Waals surface area contributed by atoms with E-state index in [1.807, 2.05) is 50.2 Å². The lowest BCUT2D eigenvalue weighted by Gasteiger charge is -2.34. The molecular formula is C24H30O4. The lowest BCUT2D eigenvalue weighted by Crippen LogP contribution is -2.39. The highest BCUT2D eigenvalue weighted by atomic mass is 16.6. The molecule has 4 heteroatoms. The second-order valence-electron chi connectivity index (χ2n) is 7.03. The monoisotopic (exact) mass is 382 g/mol. The van der Waals surface area contributed by atoms with Crippen LogP contribution in [0.3, 0.4) is 0 Å². The summed E-state index contributed by atoms with van der Waals surface area (Å²) in [6.45, 7) is 6.06. The quantitative estimate of drug-likeness (QED) is 0.486. The van der Waals surface area contributed by atoms with Gasteiger partial charge in [-0.3, -0.25) is 0 Å². The van der Waals surface area contributed by atoms with Crippen molar-refractivity contribution in [2.24, 2.45) is 0 Å². The van der Waals surface area contributed by atoms with Crippen molar-refractivity contribution in [2.45, 2.75) is 64.6 Å². The molecule has 2 aromatic rings. The van der Waals surface area contributed by atoms with Crippen LogP contribution in [0.5, 0.6) is 0 Å². The van der Waals surface area contributed by atoms with Crippen LogP contribution in [0, 0.1) is 0 Å². The van der Waals surface area contributed by atoms with Crippen LogP contribution in [0.4, 0.5) is 0 Å². The molecule has 4 nitrogen and oxygen atoms in total. The van der Waals surface area contributed by atoms with Gasteiger partial charge in [0.25, 0.3) is 0 Å².